The summed E-state index contributed by atoms with van der Waals surface area (Å²) in [5, 5.41) is 11.2. The summed E-state index contributed by atoms with van der Waals surface area (Å²) >= 11 is 12.1. The fourth-order valence-corrected chi connectivity index (χ4v) is 7.53. The largest absolute Gasteiger partial charge is 0.444 e. The first-order valence-corrected chi connectivity index (χ1v) is 18.4. The lowest BCUT2D eigenvalue weighted by Gasteiger charge is -2.36. The van der Waals surface area contributed by atoms with Crippen LogP contribution in [-0.4, -0.2) is 81.1 Å². The highest BCUT2D eigenvalue weighted by Gasteiger charge is 2.28. The average molecular weight is 784 g/mol. The average Bonchev–Trinajstić information content (AvgIpc) is 3.56. The smallest absolute Gasteiger partial charge is 0.410 e. The number of benzene rings is 3. The fourth-order valence-electron chi connectivity index (χ4n) is 5.71. The van der Waals surface area contributed by atoms with Crippen LogP contribution in [0.3, 0.4) is 0 Å². The van der Waals surface area contributed by atoms with E-state index < -0.39 is 43.5 Å². The van der Waals surface area contributed by atoms with E-state index in [-0.39, 0.29) is 27.5 Å². The zero-order chi connectivity index (χ0) is 37.7. The Labute approximate surface area is 311 Å². The minimum absolute atomic E-state index is 0.0199. The predicted molar refractivity (Wildman–Crippen MR) is 197 cm³/mol. The summed E-state index contributed by atoms with van der Waals surface area (Å²) in [5.74, 6) is -2.04. The van der Waals surface area contributed by atoms with Crippen molar-refractivity contribution in [3.8, 4) is 5.82 Å². The molecule has 1 saturated heterocycles. The molecular weight excluding hydrogens is 753 g/mol. The Balaban J connectivity index is 1.17. The van der Waals surface area contributed by atoms with E-state index in [1.54, 1.807) is 17.0 Å². The number of piperazine rings is 1. The van der Waals surface area contributed by atoms with Gasteiger partial charge >= 0.3 is 6.09 Å². The lowest BCUT2D eigenvalue weighted by atomic mass is 10.2. The van der Waals surface area contributed by atoms with E-state index in [1.165, 1.54) is 29.2 Å². The number of hydrogen-bond donors (Lipinski definition) is 2. The second kappa shape index (κ2) is 13.9. The molecule has 0 unspecified atom stereocenters. The van der Waals surface area contributed by atoms with Gasteiger partial charge in [-0.3, -0.25) is 4.72 Å². The van der Waals surface area contributed by atoms with Gasteiger partial charge in [-0.15, -0.1) is 5.10 Å². The van der Waals surface area contributed by atoms with Crippen LogP contribution < -0.4 is 14.9 Å². The minimum atomic E-state index is -4.43. The number of amides is 1. The van der Waals surface area contributed by atoms with Crippen LogP contribution in [-0.2, 0) is 14.8 Å². The number of nitrogens with zero attached hydrogens (tertiary/aromatic N) is 8. The lowest BCUT2D eigenvalue weighted by Crippen LogP contribution is -2.50. The molecule has 274 valence electrons. The maximum absolute atomic E-state index is 15.8. The Morgan fingerprint density at radius 3 is 2.43 bits per heavy atom. The molecule has 0 aliphatic carbocycles. The van der Waals surface area contributed by atoms with Crippen molar-refractivity contribution in [2.45, 2.75) is 31.3 Å². The Morgan fingerprint density at radius 1 is 0.925 bits per heavy atom. The number of ether oxygens (including phenoxy) is 1. The number of anilines is 4. The minimum Gasteiger partial charge on any atom is -0.444 e. The maximum Gasteiger partial charge on any atom is 0.410 e. The van der Waals surface area contributed by atoms with Crippen molar-refractivity contribution in [2.75, 3.05) is 41.1 Å². The number of hydrogen-bond acceptors (Lipinski definition) is 11. The van der Waals surface area contributed by atoms with E-state index in [0.29, 0.717) is 48.5 Å². The molecule has 14 nitrogen and oxygen atoms in total. The maximum atomic E-state index is 15.8. The Morgan fingerprint density at radius 2 is 1.68 bits per heavy atom. The highest BCUT2D eigenvalue weighted by molar-refractivity contribution is 7.92. The third kappa shape index (κ3) is 7.19. The molecule has 0 atom stereocenters. The van der Waals surface area contributed by atoms with E-state index >= 15 is 8.78 Å². The number of carbonyl (C=O) groups is 1. The molecule has 0 saturated carbocycles. The summed E-state index contributed by atoms with van der Waals surface area (Å²) in [5.41, 5.74) is 0.684. The summed E-state index contributed by atoms with van der Waals surface area (Å²) in [6.07, 6.45) is 0.832. The van der Waals surface area contributed by atoms with E-state index in [4.69, 9.17) is 27.9 Å². The van der Waals surface area contributed by atoms with Gasteiger partial charge in [0.25, 0.3) is 10.0 Å². The monoisotopic (exact) mass is 782 g/mol. The van der Waals surface area contributed by atoms with Gasteiger partial charge in [0.05, 0.1) is 32.5 Å². The fraction of sp³-hybridized carbons (Fsp3) is 0.235. The van der Waals surface area contributed by atoms with Crippen molar-refractivity contribution in [3.05, 3.63) is 88.7 Å². The van der Waals surface area contributed by atoms with Crippen molar-refractivity contribution < 1.29 is 26.7 Å². The first-order chi connectivity index (χ1) is 25.2. The van der Waals surface area contributed by atoms with E-state index in [2.05, 4.69) is 40.2 Å². The van der Waals surface area contributed by atoms with Crippen molar-refractivity contribution in [1.82, 2.24) is 34.8 Å². The van der Waals surface area contributed by atoms with Gasteiger partial charge in [0, 0.05) is 26.2 Å². The molecule has 0 radical (unpaired) electrons. The zero-order valence-electron chi connectivity index (χ0n) is 28.3. The summed E-state index contributed by atoms with van der Waals surface area (Å²) in [7, 11) is -4.43. The third-order valence-corrected chi connectivity index (χ3v) is 10.5. The molecule has 1 aliphatic rings. The van der Waals surface area contributed by atoms with E-state index in [0.717, 1.165) is 17.8 Å². The molecule has 2 N–H and O–H groups in total. The van der Waals surface area contributed by atoms with Crippen LogP contribution in [0.2, 0.25) is 10.0 Å². The molecule has 1 fully saturated rings. The number of nitrogens with one attached hydrogen (secondary N) is 2. The van der Waals surface area contributed by atoms with Crippen molar-refractivity contribution in [1.29, 1.82) is 0 Å². The van der Waals surface area contributed by atoms with Crippen LogP contribution in [0, 0.1) is 11.6 Å². The summed E-state index contributed by atoms with van der Waals surface area (Å²) in [6.45, 7) is 7.52. The molecular formula is C34H30Cl2F2N10O4S. The van der Waals surface area contributed by atoms with Gasteiger partial charge < -0.3 is 19.9 Å². The van der Waals surface area contributed by atoms with Crippen LogP contribution in [0.15, 0.2) is 71.9 Å². The molecule has 1 aliphatic heterocycles. The van der Waals surface area contributed by atoms with Gasteiger partial charge in [-0.25, -0.2) is 36.9 Å². The lowest BCUT2D eigenvalue weighted by molar-refractivity contribution is 0.0240. The molecule has 53 heavy (non-hydrogen) atoms. The Hall–Kier alpha value is -5.39. The van der Waals surface area contributed by atoms with Crippen molar-refractivity contribution in [3.63, 3.8) is 0 Å². The van der Waals surface area contributed by atoms with Crippen LogP contribution in [0.4, 0.5) is 36.5 Å². The summed E-state index contributed by atoms with van der Waals surface area (Å²) in [6, 6.07) is 14.7. The number of halogens is 4. The number of aromatic nitrogens is 6. The van der Waals surface area contributed by atoms with E-state index in [9.17, 15) is 13.2 Å². The second-order valence-corrected chi connectivity index (χ2v) is 15.4. The number of carbonyl (C=O) groups excluding carboxylic acids is 1. The van der Waals surface area contributed by atoms with Gasteiger partial charge in [-0.2, -0.15) is 4.68 Å². The molecule has 1 amide bonds. The standard InChI is InChI=1S/C34H30Cl2F2N10O4S/c1-34(2,3)52-33(49)47-16-14-46(15-17-47)23-7-5-8-24-31(23)43-45-48(24)26-13-12-22-30(41-26)32(40-18-39-22)42-29-20(37)10-11-21(28(29)38)44-53(50,51)25-9-4-6-19(35)27(25)36/h4-13,18,44H,14-17H2,1-3H3,(H,39,40,42). The molecule has 3 aromatic heterocycles. The molecule has 0 bridgehead atoms. The molecule has 0 spiro atoms. The van der Waals surface area contributed by atoms with Crippen LogP contribution in [0.25, 0.3) is 27.9 Å². The van der Waals surface area contributed by atoms with Gasteiger partial charge in [0.15, 0.2) is 17.5 Å². The molecule has 4 heterocycles. The topological polar surface area (TPSA) is 160 Å². The Kier molecular flexibility index (Phi) is 9.42. The van der Waals surface area contributed by atoms with Gasteiger partial charge in [-0.05, 0) is 69.3 Å². The van der Waals surface area contributed by atoms with Crippen molar-refractivity contribution in [2.24, 2.45) is 0 Å². The number of pyridine rings is 1. The van der Waals surface area contributed by atoms with Crippen LogP contribution in [0.1, 0.15) is 20.8 Å². The van der Waals surface area contributed by atoms with E-state index in [1.807, 2.05) is 39.0 Å². The zero-order valence-corrected chi connectivity index (χ0v) is 30.6. The first kappa shape index (κ1) is 36.0. The first-order valence-electron chi connectivity index (χ1n) is 16.1. The quantitative estimate of drug-likeness (QED) is 0.173. The van der Waals surface area contributed by atoms with Gasteiger partial charge in [0.1, 0.15) is 39.4 Å². The molecule has 7 rings (SSSR count). The third-order valence-electron chi connectivity index (χ3n) is 8.20. The number of rotatable bonds is 7. The second-order valence-electron chi connectivity index (χ2n) is 12.9. The number of fused-ring (bicyclic) bond motifs is 2. The highest BCUT2D eigenvalue weighted by Crippen LogP contribution is 2.34. The molecule has 6 aromatic rings. The summed E-state index contributed by atoms with van der Waals surface area (Å²) < 4.78 is 66.3. The van der Waals surface area contributed by atoms with Crippen LogP contribution >= 0.6 is 23.2 Å². The SMILES string of the molecule is CC(C)(C)OC(=O)N1CCN(c2cccc3c2nnn3-c2ccc3ncnc(Nc4c(F)ccc(NS(=O)(=O)c5cccc(Cl)c5Cl)c4F)c3n2)CC1. The highest BCUT2D eigenvalue weighted by atomic mass is 35.5. The van der Waals surface area contributed by atoms with Gasteiger partial charge in [-0.1, -0.05) is 40.5 Å². The normalized spacial score (nSPS) is 13.8. The molecule has 19 heteroatoms. The summed E-state index contributed by atoms with van der Waals surface area (Å²) in [4.78, 5) is 29.1. The van der Waals surface area contributed by atoms with Crippen molar-refractivity contribution >= 4 is 84.3 Å². The predicted octanol–water partition coefficient (Wildman–Crippen LogP) is 6.95. The van der Waals surface area contributed by atoms with Gasteiger partial charge in [0.2, 0.25) is 0 Å². The molecule has 3 aromatic carbocycles. The number of sulfonamides is 1. The Bertz CT molecular complexity index is 2510. The van der Waals surface area contributed by atoms with Crippen LogP contribution in [0.5, 0.6) is 0 Å².